The molecule has 0 fully saturated rings. The molecular formula is C15H17N3O2. The van der Waals surface area contributed by atoms with E-state index in [0.717, 1.165) is 43.0 Å². The van der Waals surface area contributed by atoms with Crippen LogP contribution in [0.5, 0.6) is 0 Å². The van der Waals surface area contributed by atoms with E-state index in [-0.39, 0.29) is 0 Å². The van der Waals surface area contributed by atoms with Crippen molar-refractivity contribution < 1.29 is 9.90 Å². The molecule has 1 aromatic carbocycles. The lowest BCUT2D eigenvalue weighted by atomic mass is 10.1. The number of imidazole rings is 1. The number of nitrogens with one attached hydrogen (secondary N) is 1. The van der Waals surface area contributed by atoms with Gasteiger partial charge in [0.25, 0.3) is 0 Å². The molecule has 0 spiro atoms. The van der Waals surface area contributed by atoms with Crippen LogP contribution in [0.25, 0.3) is 0 Å². The predicted molar refractivity (Wildman–Crippen MR) is 74.8 cm³/mol. The highest BCUT2D eigenvalue weighted by Crippen LogP contribution is 2.17. The Labute approximate surface area is 117 Å². The number of carboxylic acids is 1. The first-order chi connectivity index (χ1) is 9.65. The Morgan fingerprint density at radius 3 is 2.80 bits per heavy atom. The molecule has 2 N–H and O–H groups in total. The molecule has 0 bridgehead atoms. The number of benzene rings is 1. The highest BCUT2D eigenvalue weighted by Gasteiger charge is 2.17. The number of hydrogen-bond acceptors (Lipinski definition) is 3. The third-order valence-corrected chi connectivity index (χ3v) is 3.78. The molecule has 5 heteroatoms. The molecule has 20 heavy (non-hydrogen) atoms. The van der Waals surface area contributed by atoms with E-state index >= 15 is 0 Å². The smallest absolute Gasteiger partial charge is 0.335 e. The minimum Gasteiger partial charge on any atom is -0.478 e. The fourth-order valence-corrected chi connectivity index (χ4v) is 2.62. The Balaban J connectivity index is 1.84. The highest BCUT2D eigenvalue weighted by molar-refractivity contribution is 5.87. The number of aromatic nitrogens is 2. The lowest BCUT2D eigenvalue weighted by Gasteiger charge is -2.13. The maximum atomic E-state index is 10.8. The van der Waals surface area contributed by atoms with Gasteiger partial charge in [-0.2, -0.15) is 0 Å². The summed E-state index contributed by atoms with van der Waals surface area (Å²) in [4.78, 5) is 15.5. The molecule has 2 heterocycles. The molecule has 1 aliphatic rings. The van der Waals surface area contributed by atoms with Gasteiger partial charge in [0, 0.05) is 38.7 Å². The summed E-state index contributed by atoms with van der Waals surface area (Å²) in [5.74, 6) is 0.136. The zero-order chi connectivity index (χ0) is 14.1. The third-order valence-electron chi connectivity index (χ3n) is 3.78. The first-order valence-corrected chi connectivity index (χ1v) is 6.71. The van der Waals surface area contributed by atoms with Crippen molar-refractivity contribution in [1.82, 2.24) is 14.9 Å². The van der Waals surface area contributed by atoms with Crippen LogP contribution in [-0.2, 0) is 26.4 Å². The average molecular weight is 271 g/mol. The van der Waals surface area contributed by atoms with Crippen LogP contribution in [0.15, 0.2) is 24.3 Å². The molecule has 3 rings (SSSR count). The number of rotatable bonds is 3. The predicted octanol–water partition coefficient (Wildman–Crippen LogP) is 1.35. The van der Waals surface area contributed by atoms with Crippen LogP contribution in [0.4, 0.5) is 0 Å². The van der Waals surface area contributed by atoms with E-state index in [2.05, 4.69) is 21.9 Å². The molecule has 5 nitrogen and oxygen atoms in total. The van der Waals surface area contributed by atoms with Gasteiger partial charge in [-0.05, 0) is 17.7 Å². The monoisotopic (exact) mass is 271 g/mol. The molecule has 104 valence electrons. The van der Waals surface area contributed by atoms with Crippen LogP contribution in [0.2, 0.25) is 0 Å². The standard InChI is InChI=1S/C15H17N3O2/c1-18-13-6-7-16-9-12(13)17-14(18)8-10-2-4-11(5-3-10)15(19)20/h2-5,16H,6-9H2,1H3,(H,19,20). The molecule has 0 saturated heterocycles. The van der Waals surface area contributed by atoms with Crippen molar-refractivity contribution in [3.8, 4) is 0 Å². The van der Waals surface area contributed by atoms with Gasteiger partial charge in [-0.1, -0.05) is 12.1 Å². The minimum atomic E-state index is -0.893. The molecular weight excluding hydrogens is 254 g/mol. The van der Waals surface area contributed by atoms with Crippen LogP contribution in [0, 0.1) is 0 Å². The number of aromatic carboxylic acids is 1. The second-order valence-electron chi connectivity index (χ2n) is 5.09. The van der Waals surface area contributed by atoms with Crippen molar-refractivity contribution in [1.29, 1.82) is 0 Å². The third kappa shape index (κ3) is 2.32. The molecule has 1 aliphatic heterocycles. The molecule has 0 unspecified atom stereocenters. The molecule has 0 amide bonds. The largest absolute Gasteiger partial charge is 0.478 e. The second-order valence-corrected chi connectivity index (χ2v) is 5.09. The zero-order valence-electron chi connectivity index (χ0n) is 11.4. The van der Waals surface area contributed by atoms with Gasteiger partial charge in [-0.15, -0.1) is 0 Å². The molecule has 0 saturated carbocycles. The minimum absolute atomic E-state index is 0.317. The van der Waals surface area contributed by atoms with E-state index in [9.17, 15) is 4.79 Å². The Hall–Kier alpha value is -2.14. The summed E-state index contributed by atoms with van der Waals surface area (Å²) in [5, 5.41) is 12.2. The van der Waals surface area contributed by atoms with Crippen LogP contribution < -0.4 is 5.32 Å². The number of nitrogens with zero attached hydrogens (tertiary/aromatic N) is 2. The normalized spacial score (nSPS) is 14.1. The van der Waals surface area contributed by atoms with E-state index in [0.29, 0.717) is 5.56 Å². The van der Waals surface area contributed by atoms with Crippen LogP contribution >= 0.6 is 0 Å². The molecule has 2 aromatic rings. The van der Waals surface area contributed by atoms with E-state index in [4.69, 9.17) is 5.11 Å². The average Bonchev–Trinajstić information content (AvgIpc) is 2.77. The van der Waals surface area contributed by atoms with E-state index < -0.39 is 5.97 Å². The summed E-state index contributed by atoms with van der Waals surface area (Å²) < 4.78 is 2.17. The van der Waals surface area contributed by atoms with Gasteiger partial charge in [-0.25, -0.2) is 9.78 Å². The number of carbonyl (C=O) groups is 1. The number of hydrogen-bond donors (Lipinski definition) is 2. The van der Waals surface area contributed by atoms with E-state index in [1.54, 1.807) is 12.1 Å². The van der Waals surface area contributed by atoms with Gasteiger partial charge >= 0.3 is 5.97 Å². The SMILES string of the molecule is Cn1c(Cc2ccc(C(=O)O)cc2)nc2c1CCNC2. The van der Waals surface area contributed by atoms with Gasteiger partial charge in [0.2, 0.25) is 0 Å². The van der Waals surface area contributed by atoms with Crippen LogP contribution in [0.1, 0.15) is 33.1 Å². The van der Waals surface area contributed by atoms with Gasteiger partial charge in [0.05, 0.1) is 11.3 Å². The lowest BCUT2D eigenvalue weighted by Crippen LogP contribution is -2.24. The van der Waals surface area contributed by atoms with Crippen LogP contribution in [0.3, 0.4) is 0 Å². The van der Waals surface area contributed by atoms with Crippen molar-refractivity contribution in [2.45, 2.75) is 19.4 Å². The van der Waals surface area contributed by atoms with Crippen molar-refractivity contribution in [2.75, 3.05) is 6.54 Å². The van der Waals surface area contributed by atoms with Crippen molar-refractivity contribution in [3.63, 3.8) is 0 Å². The van der Waals surface area contributed by atoms with Crippen molar-refractivity contribution >= 4 is 5.97 Å². The van der Waals surface area contributed by atoms with Crippen molar-refractivity contribution in [2.24, 2.45) is 7.05 Å². The first kappa shape index (κ1) is 12.9. The number of carboxylic acid groups (broad SMARTS) is 1. The molecule has 0 atom stereocenters. The first-order valence-electron chi connectivity index (χ1n) is 6.71. The fourth-order valence-electron chi connectivity index (χ4n) is 2.62. The van der Waals surface area contributed by atoms with Gasteiger partial charge in [0.15, 0.2) is 0 Å². The summed E-state index contributed by atoms with van der Waals surface area (Å²) in [6, 6.07) is 6.99. The Morgan fingerprint density at radius 2 is 2.15 bits per heavy atom. The summed E-state index contributed by atoms with van der Waals surface area (Å²) >= 11 is 0. The quantitative estimate of drug-likeness (QED) is 0.884. The topological polar surface area (TPSA) is 67.2 Å². The molecule has 0 radical (unpaired) electrons. The maximum Gasteiger partial charge on any atom is 0.335 e. The summed E-state index contributed by atoms with van der Waals surface area (Å²) in [7, 11) is 2.05. The lowest BCUT2D eigenvalue weighted by molar-refractivity contribution is 0.0697. The Kier molecular flexibility index (Phi) is 3.28. The number of fused-ring (bicyclic) bond motifs is 1. The second kappa shape index (κ2) is 5.09. The molecule has 0 aliphatic carbocycles. The fraction of sp³-hybridized carbons (Fsp3) is 0.333. The van der Waals surface area contributed by atoms with Crippen molar-refractivity contribution in [3.05, 3.63) is 52.6 Å². The Bertz CT molecular complexity index is 644. The zero-order valence-corrected chi connectivity index (χ0v) is 11.4. The summed E-state index contributed by atoms with van der Waals surface area (Å²) in [6.07, 6.45) is 1.74. The Morgan fingerprint density at radius 1 is 1.40 bits per heavy atom. The van der Waals surface area contributed by atoms with Gasteiger partial charge < -0.3 is 15.0 Å². The highest BCUT2D eigenvalue weighted by atomic mass is 16.4. The molecule has 1 aromatic heterocycles. The van der Waals surface area contributed by atoms with E-state index in [1.807, 2.05) is 12.1 Å². The summed E-state index contributed by atoms with van der Waals surface area (Å²) in [5.41, 5.74) is 3.84. The van der Waals surface area contributed by atoms with Crippen LogP contribution in [-0.4, -0.2) is 27.2 Å². The summed E-state index contributed by atoms with van der Waals surface area (Å²) in [6.45, 7) is 1.83. The van der Waals surface area contributed by atoms with Gasteiger partial charge in [0.1, 0.15) is 5.82 Å². The van der Waals surface area contributed by atoms with Gasteiger partial charge in [-0.3, -0.25) is 0 Å². The maximum absolute atomic E-state index is 10.8. The van der Waals surface area contributed by atoms with E-state index in [1.165, 1.54) is 5.69 Å².